The van der Waals surface area contributed by atoms with Crippen LogP contribution < -0.4 is 5.32 Å². The molecule has 0 fully saturated rings. The van der Waals surface area contributed by atoms with E-state index in [-0.39, 0.29) is 18.5 Å². The molecule has 0 aliphatic rings. The summed E-state index contributed by atoms with van der Waals surface area (Å²) >= 11 is 0. The van der Waals surface area contributed by atoms with E-state index in [1.54, 1.807) is 6.08 Å². The van der Waals surface area contributed by atoms with Crippen molar-refractivity contribution in [2.24, 2.45) is 0 Å². The van der Waals surface area contributed by atoms with E-state index < -0.39 is 12.1 Å². The maximum absolute atomic E-state index is 12.5. The summed E-state index contributed by atoms with van der Waals surface area (Å²) in [7, 11) is 0. The lowest BCUT2D eigenvalue weighted by Gasteiger charge is -2.20. The normalized spacial score (nSPS) is 12.5. The summed E-state index contributed by atoms with van der Waals surface area (Å²) in [4.78, 5) is 24.7. The Morgan fingerprint density at radius 2 is 0.582 bits per heavy atom. The molecule has 0 saturated carbocycles. The lowest BCUT2D eigenvalue weighted by atomic mass is 10.0. The summed E-state index contributed by atoms with van der Waals surface area (Å²) in [5, 5.41) is 23.3. The molecular weight excluding hydrogens is 971 g/mol. The average molecular weight is 1110 g/mol. The number of carbonyl (C=O) groups excluding carboxylic acids is 2. The fourth-order valence-electron chi connectivity index (χ4n) is 11.8. The van der Waals surface area contributed by atoms with Gasteiger partial charge in [-0.25, -0.2) is 0 Å². The largest absolute Gasteiger partial charge is 0.466 e. The van der Waals surface area contributed by atoms with Crippen LogP contribution in [0.15, 0.2) is 12.2 Å². The zero-order valence-electron chi connectivity index (χ0n) is 53.9. The van der Waals surface area contributed by atoms with Crippen LogP contribution in [0, 0.1) is 0 Å². The highest BCUT2D eigenvalue weighted by Crippen LogP contribution is 2.19. The van der Waals surface area contributed by atoms with Gasteiger partial charge in [0.2, 0.25) is 5.91 Å². The van der Waals surface area contributed by atoms with Crippen molar-refractivity contribution >= 4 is 11.9 Å². The highest BCUT2D eigenvalue weighted by atomic mass is 16.5. The second-order valence-corrected chi connectivity index (χ2v) is 25.3. The van der Waals surface area contributed by atoms with E-state index in [9.17, 15) is 19.8 Å². The van der Waals surface area contributed by atoms with Crippen molar-refractivity contribution in [3.8, 4) is 0 Å². The molecule has 0 aromatic carbocycles. The van der Waals surface area contributed by atoms with E-state index in [0.29, 0.717) is 19.4 Å². The Kier molecular flexibility index (Phi) is 67.9. The van der Waals surface area contributed by atoms with Gasteiger partial charge in [-0.3, -0.25) is 9.59 Å². The first kappa shape index (κ1) is 77.6. The number of esters is 1. The van der Waals surface area contributed by atoms with Gasteiger partial charge in [-0.05, 0) is 32.1 Å². The van der Waals surface area contributed by atoms with E-state index in [0.717, 1.165) is 38.5 Å². The molecule has 1 amide bonds. The van der Waals surface area contributed by atoms with Gasteiger partial charge in [0, 0.05) is 12.8 Å². The predicted octanol–water partition coefficient (Wildman–Crippen LogP) is 23.5. The Morgan fingerprint density at radius 3 is 0.861 bits per heavy atom. The first-order chi connectivity index (χ1) is 39.0. The van der Waals surface area contributed by atoms with Crippen LogP contribution in [0.1, 0.15) is 418 Å². The molecule has 0 radical (unpaired) electrons. The van der Waals surface area contributed by atoms with Crippen LogP contribution in [-0.4, -0.2) is 47.4 Å². The molecule has 0 saturated heterocycles. The van der Waals surface area contributed by atoms with Crippen LogP contribution in [0.4, 0.5) is 0 Å². The van der Waals surface area contributed by atoms with Gasteiger partial charge in [0.05, 0.1) is 25.4 Å². The number of allylic oxidation sites excluding steroid dienone is 1. The van der Waals surface area contributed by atoms with Crippen molar-refractivity contribution in [1.29, 1.82) is 0 Å². The topological polar surface area (TPSA) is 95.9 Å². The molecule has 0 aromatic heterocycles. The third-order valence-electron chi connectivity index (χ3n) is 17.3. The van der Waals surface area contributed by atoms with Gasteiger partial charge in [-0.2, -0.15) is 0 Å². The van der Waals surface area contributed by atoms with Crippen molar-refractivity contribution in [2.45, 2.75) is 431 Å². The zero-order valence-corrected chi connectivity index (χ0v) is 53.9. The molecule has 0 aromatic rings. The van der Waals surface area contributed by atoms with E-state index in [1.165, 1.54) is 353 Å². The van der Waals surface area contributed by atoms with E-state index in [4.69, 9.17) is 4.74 Å². The zero-order chi connectivity index (χ0) is 57.1. The predicted molar refractivity (Wildman–Crippen MR) is 347 cm³/mol. The van der Waals surface area contributed by atoms with Gasteiger partial charge in [-0.15, -0.1) is 0 Å². The maximum atomic E-state index is 12.5. The third-order valence-corrected chi connectivity index (χ3v) is 17.3. The molecule has 0 aliphatic heterocycles. The number of nitrogens with one attached hydrogen (secondary N) is 1. The smallest absolute Gasteiger partial charge is 0.305 e. The number of aliphatic hydroxyl groups is 2. The second-order valence-electron chi connectivity index (χ2n) is 25.3. The Labute approximate surface area is 495 Å². The van der Waals surface area contributed by atoms with Crippen molar-refractivity contribution < 1.29 is 24.5 Å². The number of rotatable bonds is 69. The molecule has 2 atom stereocenters. The van der Waals surface area contributed by atoms with E-state index in [2.05, 4.69) is 19.2 Å². The lowest BCUT2D eigenvalue weighted by molar-refractivity contribution is -0.143. The summed E-state index contributed by atoms with van der Waals surface area (Å²) < 4.78 is 5.51. The number of unbranched alkanes of at least 4 members (excludes halogenated alkanes) is 58. The minimum atomic E-state index is -0.846. The first-order valence-electron chi connectivity index (χ1n) is 36.5. The number of amides is 1. The van der Waals surface area contributed by atoms with Crippen LogP contribution in [0.3, 0.4) is 0 Å². The van der Waals surface area contributed by atoms with Crippen molar-refractivity contribution in [1.82, 2.24) is 5.32 Å². The standard InChI is InChI=1S/C73H143NO5/c1-3-5-7-9-11-13-15-17-19-21-23-24-26-30-33-37-41-45-49-53-57-61-65-71(76)70(69-75)74-72(77)66-62-58-54-50-46-42-38-34-31-27-25-28-32-36-40-44-48-52-56-60-64-68-79-73(78)67-63-59-55-51-47-43-39-35-29-22-20-18-16-14-12-10-8-6-4-2/h61,65,70-71,75-76H,3-60,62-64,66-69H2,1-2H3,(H,74,77)/b65-61+. The average Bonchev–Trinajstić information content (AvgIpc) is 3.45. The van der Waals surface area contributed by atoms with Crippen LogP contribution >= 0.6 is 0 Å². The molecule has 79 heavy (non-hydrogen) atoms. The van der Waals surface area contributed by atoms with E-state index in [1.807, 2.05) is 6.08 Å². The monoisotopic (exact) mass is 1110 g/mol. The number of carbonyl (C=O) groups is 2. The quantitative estimate of drug-likeness (QED) is 0.0320. The van der Waals surface area contributed by atoms with Crippen LogP contribution in [0.5, 0.6) is 0 Å². The Morgan fingerprint density at radius 1 is 0.342 bits per heavy atom. The molecular formula is C73H143NO5. The summed E-state index contributed by atoms with van der Waals surface area (Å²) in [6, 6.07) is -0.629. The summed E-state index contributed by atoms with van der Waals surface area (Å²) in [6.45, 7) is 4.96. The maximum Gasteiger partial charge on any atom is 0.305 e. The number of hydrogen-bond acceptors (Lipinski definition) is 5. The van der Waals surface area contributed by atoms with Crippen LogP contribution in [0.2, 0.25) is 0 Å². The van der Waals surface area contributed by atoms with Crippen molar-refractivity contribution in [3.63, 3.8) is 0 Å². The second kappa shape index (κ2) is 69.1. The fraction of sp³-hybridized carbons (Fsp3) is 0.945. The van der Waals surface area contributed by atoms with Crippen LogP contribution in [-0.2, 0) is 14.3 Å². The Balaban J connectivity index is 3.38. The number of hydrogen-bond donors (Lipinski definition) is 3. The molecule has 0 heterocycles. The molecule has 0 bridgehead atoms. The van der Waals surface area contributed by atoms with Gasteiger partial charge < -0.3 is 20.3 Å². The molecule has 6 nitrogen and oxygen atoms in total. The summed E-state index contributed by atoms with van der Waals surface area (Å²) in [5.74, 6) is -0.0463. The van der Waals surface area contributed by atoms with E-state index >= 15 is 0 Å². The molecule has 6 heteroatoms. The molecule has 0 spiro atoms. The van der Waals surface area contributed by atoms with Gasteiger partial charge >= 0.3 is 5.97 Å². The van der Waals surface area contributed by atoms with Crippen molar-refractivity contribution in [3.05, 3.63) is 12.2 Å². The van der Waals surface area contributed by atoms with Gasteiger partial charge in [0.1, 0.15) is 0 Å². The van der Waals surface area contributed by atoms with Gasteiger partial charge in [0.15, 0.2) is 0 Å². The highest BCUT2D eigenvalue weighted by Gasteiger charge is 2.18. The Bertz CT molecular complexity index is 1190. The highest BCUT2D eigenvalue weighted by molar-refractivity contribution is 5.76. The minimum Gasteiger partial charge on any atom is -0.466 e. The Hall–Kier alpha value is -1.40. The molecule has 0 rings (SSSR count). The third kappa shape index (κ3) is 65.6. The molecule has 0 aliphatic carbocycles. The van der Waals surface area contributed by atoms with Crippen molar-refractivity contribution in [2.75, 3.05) is 13.2 Å². The fourth-order valence-corrected chi connectivity index (χ4v) is 11.8. The van der Waals surface area contributed by atoms with Crippen LogP contribution in [0.25, 0.3) is 0 Å². The number of ether oxygens (including phenoxy) is 1. The van der Waals surface area contributed by atoms with Gasteiger partial charge in [0.25, 0.3) is 0 Å². The summed E-state index contributed by atoms with van der Waals surface area (Å²) in [5.41, 5.74) is 0. The molecule has 3 N–H and O–H groups in total. The minimum absolute atomic E-state index is 0.0175. The lowest BCUT2D eigenvalue weighted by Crippen LogP contribution is -2.45. The number of aliphatic hydroxyl groups excluding tert-OH is 2. The van der Waals surface area contributed by atoms with Gasteiger partial charge in [-0.1, -0.05) is 386 Å². The summed E-state index contributed by atoms with van der Waals surface area (Å²) in [6.07, 6.45) is 85.8. The molecule has 2 unspecified atom stereocenters. The SMILES string of the molecule is CCCCCCCCCCCCCCCCCCCCCC/C=C/C(O)C(CO)NC(=O)CCCCCCCCCCCCCCCCCCCCCCCOC(=O)CCCCCCCCCCCCCCCCCCCCC. The molecule has 470 valence electrons. The first-order valence-corrected chi connectivity index (χ1v) is 36.5.